The van der Waals surface area contributed by atoms with Crippen molar-refractivity contribution in [3.8, 4) is 0 Å². The molecule has 1 aliphatic rings. The summed E-state index contributed by atoms with van der Waals surface area (Å²) < 4.78 is 15.9. The Morgan fingerprint density at radius 2 is 1.84 bits per heavy atom. The molecule has 1 saturated heterocycles. The average Bonchev–Trinajstić information content (AvgIpc) is 2.75. The van der Waals surface area contributed by atoms with Crippen LogP contribution in [0.25, 0.3) is 0 Å². The van der Waals surface area contributed by atoms with Crippen LogP contribution in [0, 0.1) is 0 Å². The fraction of sp³-hybridized carbons (Fsp3) is 0.609. The highest BCUT2D eigenvalue weighted by Crippen LogP contribution is 2.24. The zero-order valence-corrected chi connectivity index (χ0v) is 20.0. The van der Waals surface area contributed by atoms with E-state index < -0.39 is 35.7 Å². The molecule has 0 aromatic heterocycles. The molecule has 8 nitrogen and oxygen atoms in total. The summed E-state index contributed by atoms with van der Waals surface area (Å²) in [5.41, 5.74) is 0.152. The Labute approximate surface area is 194 Å². The van der Waals surface area contributed by atoms with E-state index in [1.54, 1.807) is 20.8 Å². The lowest BCUT2D eigenvalue weighted by Crippen LogP contribution is -2.54. The van der Waals surface area contributed by atoms with Crippen LogP contribution in [0.15, 0.2) is 30.3 Å². The van der Waals surface area contributed by atoms with Crippen molar-refractivity contribution in [1.29, 1.82) is 0 Å². The molecule has 0 aliphatic carbocycles. The fourth-order valence-corrected chi connectivity index (χ4v) is 4.29. The molecule has 1 fully saturated rings. The molecule has 3 atom stereocenters. The van der Waals surface area contributed by atoms with E-state index in [0.29, 0.717) is 12.4 Å². The van der Waals surface area contributed by atoms with Gasteiger partial charge in [0.05, 0.1) is 7.11 Å². The summed E-state index contributed by atoms with van der Waals surface area (Å²) in [7, 11) is 1.28. The smallest absolute Gasteiger partial charge is 0.408 e. The van der Waals surface area contributed by atoms with Gasteiger partial charge >= 0.3 is 12.1 Å². The van der Waals surface area contributed by atoms with E-state index in [1.165, 1.54) is 18.9 Å². The van der Waals surface area contributed by atoms with E-state index in [2.05, 4.69) is 10.6 Å². The lowest BCUT2D eigenvalue weighted by molar-refractivity contribution is -0.144. The van der Waals surface area contributed by atoms with E-state index in [1.807, 2.05) is 30.3 Å². The highest BCUT2D eigenvalue weighted by molar-refractivity contribution is 7.99. The van der Waals surface area contributed by atoms with Crippen LogP contribution < -0.4 is 10.6 Å². The minimum absolute atomic E-state index is 0.00666. The number of methoxy groups -OCH3 is 1. The van der Waals surface area contributed by atoms with Gasteiger partial charge in [-0.2, -0.15) is 0 Å². The number of benzene rings is 1. The molecular weight excluding hydrogens is 432 g/mol. The summed E-state index contributed by atoms with van der Waals surface area (Å²) in [5, 5.41) is 5.37. The maximum absolute atomic E-state index is 13.1. The van der Waals surface area contributed by atoms with E-state index in [0.717, 1.165) is 24.8 Å². The predicted molar refractivity (Wildman–Crippen MR) is 123 cm³/mol. The van der Waals surface area contributed by atoms with Crippen LogP contribution in [-0.2, 0) is 30.2 Å². The minimum Gasteiger partial charge on any atom is -0.467 e. The summed E-state index contributed by atoms with van der Waals surface area (Å²) >= 11 is 1.48. The van der Waals surface area contributed by atoms with Crippen LogP contribution in [0.4, 0.5) is 4.79 Å². The van der Waals surface area contributed by atoms with E-state index in [-0.39, 0.29) is 11.9 Å². The highest BCUT2D eigenvalue weighted by Gasteiger charge is 2.30. The summed E-state index contributed by atoms with van der Waals surface area (Å²) in [6, 6.07) is 7.54. The number of hydrogen-bond donors (Lipinski definition) is 2. The Kier molecular flexibility index (Phi) is 10.3. The number of esters is 1. The number of carbonyl (C=O) groups excluding carboxylic acids is 3. The van der Waals surface area contributed by atoms with Crippen LogP contribution in [0.5, 0.6) is 0 Å². The van der Waals surface area contributed by atoms with E-state index in [9.17, 15) is 14.4 Å². The molecule has 2 rings (SSSR count). The van der Waals surface area contributed by atoms with Crippen LogP contribution in [0.3, 0.4) is 0 Å². The van der Waals surface area contributed by atoms with Gasteiger partial charge in [-0.25, -0.2) is 9.59 Å². The molecule has 0 unspecified atom stereocenters. The Balaban J connectivity index is 2.07. The number of thioether (sulfide) groups is 1. The maximum atomic E-state index is 13.1. The van der Waals surface area contributed by atoms with Crippen LogP contribution in [-0.4, -0.2) is 60.6 Å². The molecule has 2 amide bonds. The maximum Gasteiger partial charge on any atom is 0.408 e. The number of ether oxygens (including phenoxy) is 3. The predicted octanol–water partition coefficient (Wildman–Crippen LogP) is 3.04. The van der Waals surface area contributed by atoms with Crippen LogP contribution in [0.1, 0.15) is 45.6 Å². The molecule has 1 heterocycles. The van der Waals surface area contributed by atoms with Gasteiger partial charge in [-0.15, -0.1) is 11.8 Å². The summed E-state index contributed by atoms with van der Waals surface area (Å²) in [5.74, 6) is -0.717. The molecule has 0 bridgehead atoms. The number of rotatable bonds is 9. The molecule has 32 heavy (non-hydrogen) atoms. The Morgan fingerprint density at radius 3 is 2.44 bits per heavy atom. The van der Waals surface area contributed by atoms with Gasteiger partial charge in [0.25, 0.3) is 0 Å². The molecule has 0 saturated carbocycles. The van der Waals surface area contributed by atoms with Crippen molar-refractivity contribution in [2.75, 3.05) is 19.5 Å². The molecule has 0 radical (unpaired) electrons. The van der Waals surface area contributed by atoms with Gasteiger partial charge in [0, 0.05) is 18.8 Å². The lowest BCUT2D eigenvalue weighted by Gasteiger charge is -2.26. The minimum atomic E-state index is -0.921. The second-order valence-corrected chi connectivity index (χ2v) is 9.79. The molecule has 1 aromatic rings. The third kappa shape index (κ3) is 9.48. The first-order valence-electron chi connectivity index (χ1n) is 10.8. The normalized spacial score (nSPS) is 18.2. The van der Waals surface area contributed by atoms with Gasteiger partial charge in [0.2, 0.25) is 5.91 Å². The topological polar surface area (TPSA) is 103 Å². The lowest BCUT2D eigenvalue weighted by atomic mass is 10.1. The summed E-state index contributed by atoms with van der Waals surface area (Å²) in [6.07, 6.45) is 2.56. The number of amides is 2. The van der Waals surface area contributed by atoms with Gasteiger partial charge in [-0.3, -0.25) is 4.79 Å². The summed E-state index contributed by atoms with van der Waals surface area (Å²) in [4.78, 5) is 37.8. The third-order valence-corrected chi connectivity index (χ3v) is 5.95. The first-order chi connectivity index (χ1) is 15.2. The number of carbonyl (C=O) groups is 3. The second kappa shape index (κ2) is 12.7. The monoisotopic (exact) mass is 466 g/mol. The first kappa shape index (κ1) is 26.0. The number of alkyl carbamates (subject to hydrolysis) is 1. The van der Waals surface area contributed by atoms with Crippen molar-refractivity contribution in [1.82, 2.24) is 10.6 Å². The van der Waals surface area contributed by atoms with E-state index in [4.69, 9.17) is 14.2 Å². The third-order valence-electron chi connectivity index (χ3n) is 4.68. The van der Waals surface area contributed by atoms with E-state index >= 15 is 0 Å². The average molecular weight is 467 g/mol. The molecule has 1 aromatic carbocycles. The largest absolute Gasteiger partial charge is 0.467 e. The van der Waals surface area contributed by atoms with Crippen molar-refractivity contribution in [3.05, 3.63) is 35.9 Å². The molecule has 9 heteroatoms. The van der Waals surface area contributed by atoms with Crippen molar-refractivity contribution in [3.63, 3.8) is 0 Å². The van der Waals surface area contributed by atoms with Crippen LogP contribution >= 0.6 is 11.8 Å². The molecule has 0 spiro atoms. The van der Waals surface area contributed by atoms with Gasteiger partial charge in [0.1, 0.15) is 23.1 Å². The SMILES string of the molecule is COC(=O)[C@H](CS[C@@H]1CCCCO1)NC(=O)[C@@H](Cc1ccccc1)NC(=O)OC(C)(C)C. The second-order valence-electron chi connectivity index (χ2n) is 8.60. The molecular formula is C23H34N2O6S. The van der Waals surface area contributed by atoms with Gasteiger partial charge in [-0.1, -0.05) is 30.3 Å². The van der Waals surface area contributed by atoms with Gasteiger partial charge in [0.15, 0.2) is 0 Å². The first-order valence-corrected chi connectivity index (χ1v) is 11.9. The fourth-order valence-electron chi connectivity index (χ4n) is 3.14. The molecule has 2 N–H and O–H groups in total. The number of hydrogen-bond acceptors (Lipinski definition) is 7. The zero-order valence-electron chi connectivity index (χ0n) is 19.2. The van der Waals surface area contributed by atoms with Crippen molar-refractivity contribution < 1.29 is 28.6 Å². The zero-order chi connectivity index (χ0) is 23.6. The van der Waals surface area contributed by atoms with Crippen molar-refractivity contribution in [2.45, 2.75) is 69.6 Å². The number of nitrogens with one attached hydrogen (secondary N) is 2. The van der Waals surface area contributed by atoms with Crippen molar-refractivity contribution >= 4 is 29.7 Å². The highest BCUT2D eigenvalue weighted by atomic mass is 32.2. The molecule has 1 aliphatic heterocycles. The van der Waals surface area contributed by atoms with Gasteiger partial charge in [-0.05, 0) is 45.6 Å². The van der Waals surface area contributed by atoms with Crippen LogP contribution in [0.2, 0.25) is 0 Å². The Morgan fingerprint density at radius 1 is 1.12 bits per heavy atom. The summed E-state index contributed by atoms with van der Waals surface area (Å²) in [6.45, 7) is 5.94. The standard InChI is InChI=1S/C23H34N2O6S/c1-23(2,3)31-22(28)25-17(14-16-10-6-5-7-11-16)20(26)24-18(21(27)29-4)15-32-19-12-8-9-13-30-19/h5-7,10-11,17-19H,8-9,12-15H2,1-4H3,(H,24,26)(H,25,28)/t17-,18+,19-/m1/s1. The van der Waals surface area contributed by atoms with Gasteiger partial charge < -0.3 is 24.8 Å². The van der Waals surface area contributed by atoms with Crippen molar-refractivity contribution in [2.24, 2.45) is 0 Å². The quantitative estimate of drug-likeness (QED) is 0.539. The Bertz CT molecular complexity index is 747. The Hall–Kier alpha value is -2.26. The molecule has 178 valence electrons.